The molecular weight excluding hydrogens is 210 g/mol. The summed E-state index contributed by atoms with van der Waals surface area (Å²) in [5, 5.41) is 10.7. The fourth-order valence-corrected chi connectivity index (χ4v) is 1.95. The van der Waals surface area contributed by atoms with Crippen molar-refractivity contribution in [3.8, 4) is 0 Å². The Kier molecular flexibility index (Phi) is 3.27. The largest absolute Gasteiger partial charge is 0.379 e. The Balaban J connectivity index is 2.48. The maximum atomic E-state index is 10.7. The van der Waals surface area contributed by atoms with Crippen molar-refractivity contribution >= 4 is 0 Å². The quantitative estimate of drug-likeness (QED) is 0.844. The zero-order valence-corrected chi connectivity index (χ0v) is 9.93. The van der Waals surface area contributed by atoms with E-state index < -0.39 is 5.60 Å². The van der Waals surface area contributed by atoms with Crippen LogP contribution in [0.3, 0.4) is 0 Å². The number of aryl methyl sites for hydroxylation is 1. The van der Waals surface area contributed by atoms with Crippen molar-refractivity contribution in [1.29, 1.82) is 0 Å². The standard InChI is InChI=1S/C15H17NO/c1-12-7-9-14(10-8-12)15(17,11-16)13-5-3-2-4-6-13/h2-10,17H,11,16H2,1H3. The Hall–Kier alpha value is -1.64. The second-order valence-corrected chi connectivity index (χ2v) is 4.30. The summed E-state index contributed by atoms with van der Waals surface area (Å²) in [6.45, 7) is 2.19. The molecule has 2 nitrogen and oxygen atoms in total. The zero-order chi connectivity index (χ0) is 12.3. The van der Waals surface area contributed by atoms with Gasteiger partial charge in [0.2, 0.25) is 0 Å². The molecule has 0 saturated heterocycles. The van der Waals surface area contributed by atoms with Gasteiger partial charge in [0.05, 0.1) is 0 Å². The molecule has 0 aliphatic carbocycles. The highest BCUT2D eigenvalue weighted by molar-refractivity contribution is 5.37. The first kappa shape index (κ1) is 11.8. The van der Waals surface area contributed by atoms with Crippen LogP contribution in [-0.4, -0.2) is 11.7 Å². The minimum atomic E-state index is -1.10. The van der Waals surface area contributed by atoms with Gasteiger partial charge >= 0.3 is 0 Å². The molecule has 0 spiro atoms. The van der Waals surface area contributed by atoms with E-state index in [9.17, 15) is 5.11 Å². The molecule has 0 saturated carbocycles. The number of hydrogen-bond donors (Lipinski definition) is 2. The van der Waals surface area contributed by atoms with Gasteiger partial charge in [-0.1, -0.05) is 60.2 Å². The molecule has 0 amide bonds. The van der Waals surface area contributed by atoms with Crippen molar-refractivity contribution in [3.05, 3.63) is 71.3 Å². The molecule has 17 heavy (non-hydrogen) atoms. The lowest BCUT2D eigenvalue weighted by molar-refractivity contribution is 0.0902. The Morgan fingerprint density at radius 1 is 0.941 bits per heavy atom. The van der Waals surface area contributed by atoms with Crippen molar-refractivity contribution < 1.29 is 5.11 Å². The molecule has 2 heteroatoms. The molecule has 3 N–H and O–H groups in total. The molecule has 1 unspecified atom stereocenters. The highest BCUT2D eigenvalue weighted by atomic mass is 16.3. The molecule has 1 atom stereocenters. The van der Waals surface area contributed by atoms with Crippen LogP contribution in [0.5, 0.6) is 0 Å². The molecule has 0 aromatic heterocycles. The molecule has 0 fully saturated rings. The minimum Gasteiger partial charge on any atom is -0.379 e. The van der Waals surface area contributed by atoms with Crippen molar-refractivity contribution in [3.63, 3.8) is 0 Å². The van der Waals surface area contributed by atoms with Crippen molar-refractivity contribution in [1.82, 2.24) is 0 Å². The third kappa shape index (κ3) is 2.23. The van der Waals surface area contributed by atoms with Gasteiger partial charge in [0.15, 0.2) is 0 Å². The summed E-state index contributed by atoms with van der Waals surface area (Å²) in [4.78, 5) is 0. The van der Waals surface area contributed by atoms with Crippen LogP contribution in [0.1, 0.15) is 16.7 Å². The first-order valence-corrected chi connectivity index (χ1v) is 5.72. The van der Waals surface area contributed by atoms with Gasteiger partial charge in [-0.25, -0.2) is 0 Å². The Bertz CT molecular complexity index is 478. The van der Waals surface area contributed by atoms with Gasteiger partial charge in [-0.2, -0.15) is 0 Å². The first-order valence-electron chi connectivity index (χ1n) is 5.72. The van der Waals surface area contributed by atoms with E-state index in [4.69, 9.17) is 5.73 Å². The van der Waals surface area contributed by atoms with Crippen molar-refractivity contribution in [2.24, 2.45) is 5.73 Å². The third-order valence-electron chi connectivity index (χ3n) is 3.08. The molecule has 2 aromatic carbocycles. The topological polar surface area (TPSA) is 46.2 Å². The van der Waals surface area contributed by atoms with E-state index in [1.807, 2.05) is 61.5 Å². The maximum absolute atomic E-state index is 10.7. The van der Waals surface area contributed by atoms with E-state index in [0.717, 1.165) is 11.1 Å². The molecule has 2 aromatic rings. The van der Waals surface area contributed by atoms with Gasteiger partial charge in [0.1, 0.15) is 5.60 Å². The summed E-state index contributed by atoms with van der Waals surface area (Å²) < 4.78 is 0. The van der Waals surface area contributed by atoms with Gasteiger partial charge in [0, 0.05) is 6.54 Å². The van der Waals surface area contributed by atoms with Crippen LogP contribution < -0.4 is 5.73 Å². The van der Waals surface area contributed by atoms with Crippen LogP contribution >= 0.6 is 0 Å². The number of nitrogens with two attached hydrogens (primary N) is 1. The van der Waals surface area contributed by atoms with E-state index in [-0.39, 0.29) is 6.54 Å². The molecular formula is C15H17NO. The average molecular weight is 227 g/mol. The smallest absolute Gasteiger partial charge is 0.127 e. The fourth-order valence-electron chi connectivity index (χ4n) is 1.95. The van der Waals surface area contributed by atoms with Crippen LogP contribution in [0.2, 0.25) is 0 Å². The molecule has 0 aliphatic heterocycles. The molecule has 0 bridgehead atoms. The fraction of sp³-hybridized carbons (Fsp3) is 0.200. The molecule has 0 aliphatic rings. The normalized spacial score (nSPS) is 14.3. The van der Waals surface area contributed by atoms with E-state index in [1.54, 1.807) is 0 Å². The van der Waals surface area contributed by atoms with E-state index >= 15 is 0 Å². The summed E-state index contributed by atoms with van der Waals surface area (Å²) in [5.41, 5.74) is 7.48. The second kappa shape index (κ2) is 4.70. The number of benzene rings is 2. The number of rotatable bonds is 3. The van der Waals surface area contributed by atoms with Crippen molar-refractivity contribution in [2.45, 2.75) is 12.5 Å². The molecule has 0 heterocycles. The molecule has 2 rings (SSSR count). The number of hydrogen-bond acceptors (Lipinski definition) is 2. The van der Waals surface area contributed by atoms with Gasteiger partial charge in [0.25, 0.3) is 0 Å². The van der Waals surface area contributed by atoms with Gasteiger partial charge in [-0.3, -0.25) is 0 Å². The van der Waals surface area contributed by atoms with Crippen LogP contribution in [-0.2, 0) is 5.60 Å². The van der Waals surface area contributed by atoms with Gasteiger partial charge in [-0.15, -0.1) is 0 Å². The van der Waals surface area contributed by atoms with Crippen LogP contribution in [0, 0.1) is 6.92 Å². The minimum absolute atomic E-state index is 0.167. The van der Waals surface area contributed by atoms with Gasteiger partial charge in [-0.05, 0) is 18.1 Å². The summed E-state index contributed by atoms with van der Waals surface area (Å²) in [5.74, 6) is 0. The lowest BCUT2D eigenvalue weighted by Gasteiger charge is -2.27. The lowest BCUT2D eigenvalue weighted by Crippen LogP contribution is -2.36. The molecule has 0 radical (unpaired) electrons. The Labute approximate surface area is 102 Å². The second-order valence-electron chi connectivity index (χ2n) is 4.30. The lowest BCUT2D eigenvalue weighted by atomic mass is 9.86. The summed E-state index contributed by atoms with van der Waals surface area (Å²) in [7, 11) is 0. The third-order valence-corrected chi connectivity index (χ3v) is 3.08. The Morgan fingerprint density at radius 3 is 2.00 bits per heavy atom. The monoisotopic (exact) mass is 227 g/mol. The summed E-state index contributed by atoms with van der Waals surface area (Å²) in [6.07, 6.45) is 0. The molecule has 88 valence electrons. The predicted octanol–water partition coefficient (Wildman–Crippen LogP) is 2.19. The first-order chi connectivity index (χ1) is 8.16. The SMILES string of the molecule is Cc1ccc(C(O)(CN)c2ccccc2)cc1. The number of aliphatic hydroxyl groups is 1. The highest BCUT2D eigenvalue weighted by Gasteiger charge is 2.29. The van der Waals surface area contributed by atoms with Crippen LogP contribution in [0.25, 0.3) is 0 Å². The summed E-state index contributed by atoms with van der Waals surface area (Å²) >= 11 is 0. The Morgan fingerprint density at radius 2 is 1.47 bits per heavy atom. The van der Waals surface area contributed by atoms with Gasteiger partial charge < -0.3 is 10.8 Å². The maximum Gasteiger partial charge on any atom is 0.127 e. The summed E-state index contributed by atoms with van der Waals surface area (Å²) in [6, 6.07) is 17.4. The van der Waals surface area contributed by atoms with Crippen molar-refractivity contribution in [2.75, 3.05) is 6.54 Å². The average Bonchev–Trinajstić information content (AvgIpc) is 2.40. The van der Waals surface area contributed by atoms with E-state index in [1.165, 1.54) is 5.56 Å². The zero-order valence-electron chi connectivity index (χ0n) is 9.93. The highest BCUT2D eigenvalue weighted by Crippen LogP contribution is 2.28. The van der Waals surface area contributed by atoms with E-state index in [2.05, 4.69) is 0 Å². The predicted molar refractivity (Wildman–Crippen MR) is 69.7 cm³/mol. The van der Waals surface area contributed by atoms with Crippen LogP contribution in [0.4, 0.5) is 0 Å². The van der Waals surface area contributed by atoms with Crippen LogP contribution in [0.15, 0.2) is 54.6 Å². The van der Waals surface area contributed by atoms with E-state index in [0.29, 0.717) is 0 Å².